The highest BCUT2D eigenvalue weighted by molar-refractivity contribution is 7.80. The zero-order valence-electron chi connectivity index (χ0n) is 36.6. The minimum absolute atomic E-state index is 0.0182. The van der Waals surface area contributed by atoms with Crippen LogP contribution in [0.5, 0.6) is 0 Å². The van der Waals surface area contributed by atoms with E-state index < -0.39 is 59.8 Å². The standard InChI is InChI=1S/C46H82O12S/c1-3-5-7-9-11-13-15-17-19-20-21-22-23-25-27-29-31-33-35-42(48)56-40(38-54-36-34-32-30-28-26-24-18-16-14-12-10-8-6-4-2)39-55-46-44(50)45(58-59(51,52)53)43(49)41(37-47)57-46/h6,8,12,14,18-20,24,40-41,43-47,49-50H,3-5,7,9-11,13,15-17,21-23,25-39H2,1-2H3,(H,51,52,53)/b8-6-,14-12-,20-19-,24-18-. The molecular formula is C46H82O12S. The first-order chi connectivity index (χ1) is 28.6. The number of hydrogen-bond acceptors (Lipinski definition) is 11. The minimum atomic E-state index is -5.07. The second kappa shape index (κ2) is 37.8. The predicted octanol–water partition coefficient (Wildman–Crippen LogP) is 9.58. The number of hydrogen-bond donors (Lipinski definition) is 4. The lowest BCUT2D eigenvalue weighted by molar-refractivity contribution is -0.301. The molecule has 0 spiro atoms. The van der Waals surface area contributed by atoms with Crippen molar-refractivity contribution in [1.29, 1.82) is 0 Å². The summed E-state index contributed by atoms with van der Waals surface area (Å²) in [6.07, 6.45) is 35.7. The summed E-state index contributed by atoms with van der Waals surface area (Å²) in [7, 11) is -5.07. The molecule has 1 saturated heterocycles. The first-order valence-corrected chi connectivity index (χ1v) is 24.3. The number of esters is 1. The smallest absolute Gasteiger partial charge is 0.397 e. The minimum Gasteiger partial charge on any atom is -0.457 e. The van der Waals surface area contributed by atoms with Crippen LogP contribution in [0.1, 0.15) is 174 Å². The highest BCUT2D eigenvalue weighted by Gasteiger charge is 2.48. The van der Waals surface area contributed by atoms with E-state index in [1.165, 1.54) is 70.6 Å². The predicted molar refractivity (Wildman–Crippen MR) is 234 cm³/mol. The Morgan fingerprint density at radius 3 is 1.73 bits per heavy atom. The van der Waals surface area contributed by atoms with Crippen LogP contribution >= 0.6 is 0 Å². The lowest BCUT2D eigenvalue weighted by Crippen LogP contribution is -2.60. The van der Waals surface area contributed by atoms with Crippen molar-refractivity contribution in [3.05, 3.63) is 48.6 Å². The molecule has 1 aliphatic rings. The summed E-state index contributed by atoms with van der Waals surface area (Å²) in [5.74, 6) is -0.413. The zero-order chi connectivity index (χ0) is 43.2. The number of unbranched alkanes of at least 4 members (excludes halogenated alkanes) is 18. The van der Waals surface area contributed by atoms with Crippen molar-refractivity contribution in [1.82, 2.24) is 0 Å². The van der Waals surface area contributed by atoms with Gasteiger partial charge in [-0.1, -0.05) is 146 Å². The van der Waals surface area contributed by atoms with E-state index in [0.29, 0.717) is 13.0 Å². The fraction of sp³-hybridized carbons (Fsp3) is 0.804. The monoisotopic (exact) mass is 859 g/mol. The first-order valence-electron chi connectivity index (χ1n) is 22.9. The van der Waals surface area contributed by atoms with E-state index in [-0.39, 0.29) is 19.6 Å². The maximum absolute atomic E-state index is 12.8. The van der Waals surface area contributed by atoms with Crippen LogP contribution in [0.4, 0.5) is 0 Å². The van der Waals surface area contributed by atoms with Crippen LogP contribution in [0.15, 0.2) is 48.6 Å². The van der Waals surface area contributed by atoms with Gasteiger partial charge in [-0.15, -0.1) is 0 Å². The van der Waals surface area contributed by atoms with E-state index in [2.05, 4.69) is 66.6 Å². The molecule has 1 fully saturated rings. The van der Waals surface area contributed by atoms with Gasteiger partial charge in [-0.25, -0.2) is 4.18 Å². The van der Waals surface area contributed by atoms with Gasteiger partial charge in [-0.2, -0.15) is 8.42 Å². The van der Waals surface area contributed by atoms with E-state index in [1.807, 2.05) is 0 Å². The average Bonchev–Trinajstić information content (AvgIpc) is 3.20. The Kier molecular flexibility index (Phi) is 35.3. The van der Waals surface area contributed by atoms with Crippen LogP contribution in [0.2, 0.25) is 0 Å². The van der Waals surface area contributed by atoms with Crippen molar-refractivity contribution in [3.8, 4) is 0 Å². The van der Waals surface area contributed by atoms with Crippen molar-refractivity contribution in [2.45, 2.75) is 211 Å². The molecule has 13 heteroatoms. The molecule has 0 aliphatic carbocycles. The second-order valence-corrected chi connectivity index (χ2v) is 16.7. The number of allylic oxidation sites excluding steroid dienone is 8. The normalized spacial score (nSPS) is 20.8. The molecule has 6 atom stereocenters. The summed E-state index contributed by atoms with van der Waals surface area (Å²) in [5, 5.41) is 30.7. The van der Waals surface area contributed by atoms with Crippen LogP contribution in [0.3, 0.4) is 0 Å². The SMILES string of the molecule is CC/C=C\C/C=C\C/C=C\CCCCCCOCC(COC1OC(CO)C(O)C(OS(=O)(=O)O)C1O)OC(=O)CCCCCCCCC/C=C\CCCCCCCCC. The molecule has 0 radical (unpaired) electrons. The van der Waals surface area contributed by atoms with Gasteiger partial charge in [0, 0.05) is 13.0 Å². The molecule has 0 saturated carbocycles. The van der Waals surface area contributed by atoms with E-state index in [4.69, 9.17) is 23.5 Å². The number of carbonyl (C=O) groups excluding carboxylic acids is 1. The molecule has 59 heavy (non-hydrogen) atoms. The molecule has 12 nitrogen and oxygen atoms in total. The summed E-state index contributed by atoms with van der Waals surface area (Å²) in [4.78, 5) is 12.8. The number of aliphatic hydroxyl groups excluding tert-OH is 3. The van der Waals surface area contributed by atoms with Crippen molar-refractivity contribution in [2.75, 3.05) is 26.4 Å². The van der Waals surface area contributed by atoms with Gasteiger partial charge in [0.15, 0.2) is 6.29 Å². The Hall–Kier alpha value is -1.94. The number of aliphatic hydroxyl groups is 3. The molecule has 4 N–H and O–H groups in total. The summed E-state index contributed by atoms with van der Waals surface area (Å²) in [6, 6.07) is 0. The van der Waals surface area contributed by atoms with E-state index in [1.54, 1.807) is 0 Å². The van der Waals surface area contributed by atoms with Crippen molar-refractivity contribution < 1.29 is 56.2 Å². The number of ether oxygens (including phenoxy) is 4. The quantitative estimate of drug-likeness (QED) is 0.0199. The Morgan fingerprint density at radius 2 is 1.17 bits per heavy atom. The van der Waals surface area contributed by atoms with Crippen LogP contribution in [0, 0.1) is 0 Å². The van der Waals surface area contributed by atoms with E-state index in [9.17, 15) is 28.5 Å². The maximum atomic E-state index is 12.8. The Labute approximate surface area is 357 Å². The first kappa shape index (κ1) is 55.1. The molecule has 0 aromatic rings. The Morgan fingerprint density at radius 1 is 0.661 bits per heavy atom. The van der Waals surface area contributed by atoms with Crippen molar-refractivity contribution >= 4 is 16.4 Å². The van der Waals surface area contributed by atoms with Gasteiger partial charge >= 0.3 is 16.4 Å². The van der Waals surface area contributed by atoms with Gasteiger partial charge in [0.25, 0.3) is 0 Å². The Bertz CT molecular complexity index is 1220. The molecule has 1 heterocycles. The fourth-order valence-electron chi connectivity index (χ4n) is 6.74. The van der Waals surface area contributed by atoms with E-state index in [0.717, 1.165) is 77.0 Å². The summed E-state index contributed by atoms with van der Waals surface area (Å²) < 4.78 is 59.0. The van der Waals surface area contributed by atoms with Crippen LogP contribution in [0.25, 0.3) is 0 Å². The van der Waals surface area contributed by atoms with E-state index >= 15 is 0 Å². The van der Waals surface area contributed by atoms with Crippen molar-refractivity contribution in [3.63, 3.8) is 0 Å². The number of rotatable bonds is 39. The fourth-order valence-corrected chi connectivity index (χ4v) is 7.25. The lowest BCUT2D eigenvalue weighted by Gasteiger charge is -2.41. The van der Waals surface area contributed by atoms with Gasteiger partial charge in [0.1, 0.15) is 30.5 Å². The summed E-state index contributed by atoms with van der Waals surface area (Å²) >= 11 is 0. The second-order valence-electron chi connectivity index (χ2n) is 15.6. The molecule has 0 bridgehead atoms. The van der Waals surface area contributed by atoms with Gasteiger partial charge in [-0.05, 0) is 70.6 Å². The average molecular weight is 859 g/mol. The lowest BCUT2D eigenvalue weighted by atomic mass is 9.99. The van der Waals surface area contributed by atoms with Crippen LogP contribution in [-0.2, 0) is 38.3 Å². The largest absolute Gasteiger partial charge is 0.457 e. The van der Waals surface area contributed by atoms with Gasteiger partial charge in [0.05, 0.1) is 19.8 Å². The van der Waals surface area contributed by atoms with Crippen LogP contribution in [-0.4, -0.2) is 97.5 Å². The van der Waals surface area contributed by atoms with Crippen LogP contribution < -0.4 is 0 Å². The molecule has 1 aliphatic heterocycles. The molecule has 1 rings (SSSR count). The Balaban J connectivity index is 2.44. The molecule has 344 valence electrons. The molecule has 0 aromatic heterocycles. The van der Waals surface area contributed by atoms with Gasteiger partial charge in [-0.3, -0.25) is 9.35 Å². The molecule has 0 amide bonds. The highest BCUT2D eigenvalue weighted by Crippen LogP contribution is 2.26. The third-order valence-corrected chi connectivity index (χ3v) is 10.7. The van der Waals surface area contributed by atoms with Gasteiger partial charge < -0.3 is 34.3 Å². The summed E-state index contributed by atoms with van der Waals surface area (Å²) in [5.41, 5.74) is 0. The third kappa shape index (κ3) is 31.6. The maximum Gasteiger partial charge on any atom is 0.397 e. The molecule has 0 aromatic carbocycles. The summed E-state index contributed by atoms with van der Waals surface area (Å²) in [6.45, 7) is 3.81. The van der Waals surface area contributed by atoms with Gasteiger partial charge in [0.2, 0.25) is 0 Å². The molecular weight excluding hydrogens is 777 g/mol. The third-order valence-electron chi connectivity index (χ3n) is 10.2. The highest BCUT2D eigenvalue weighted by atomic mass is 32.3. The topological polar surface area (TPSA) is 178 Å². The number of carbonyl (C=O) groups is 1. The van der Waals surface area contributed by atoms with Crippen molar-refractivity contribution in [2.24, 2.45) is 0 Å². The molecule has 6 unspecified atom stereocenters. The zero-order valence-corrected chi connectivity index (χ0v) is 37.4.